The SMILES string of the molecule is C=C1CCC2=C(C1)C[C@@H](C)[C@@H]1C3CCC[C@@]3(C)CC[C@@H]21. The van der Waals surface area contributed by atoms with Gasteiger partial charge in [-0.15, -0.1) is 0 Å². The molecular weight excluding hydrogens is 240 g/mol. The van der Waals surface area contributed by atoms with E-state index in [1.807, 2.05) is 11.1 Å². The van der Waals surface area contributed by atoms with Crippen LogP contribution in [-0.4, -0.2) is 0 Å². The van der Waals surface area contributed by atoms with Crippen LogP contribution in [-0.2, 0) is 0 Å². The summed E-state index contributed by atoms with van der Waals surface area (Å²) in [7, 11) is 0. The number of hydrogen-bond acceptors (Lipinski definition) is 0. The van der Waals surface area contributed by atoms with Gasteiger partial charge >= 0.3 is 0 Å². The zero-order valence-electron chi connectivity index (χ0n) is 13.4. The fourth-order valence-corrected chi connectivity index (χ4v) is 6.55. The lowest BCUT2D eigenvalue weighted by Gasteiger charge is -2.53. The molecule has 0 spiro atoms. The first-order valence-corrected chi connectivity index (χ1v) is 8.96. The Morgan fingerprint density at radius 3 is 2.85 bits per heavy atom. The molecular formula is C20H30. The molecule has 0 nitrogen and oxygen atoms in total. The van der Waals surface area contributed by atoms with Crippen molar-refractivity contribution < 1.29 is 0 Å². The maximum absolute atomic E-state index is 4.26. The normalized spacial score (nSPS) is 47.8. The largest absolute Gasteiger partial charge is 0.0995 e. The lowest BCUT2D eigenvalue weighted by atomic mass is 9.52. The second-order valence-corrected chi connectivity index (χ2v) is 8.61. The van der Waals surface area contributed by atoms with Crippen molar-refractivity contribution in [3.05, 3.63) is 23.3 Å². The topological polar surface area (TPSA) is 0 Å². The summed E-state index contributed by atoms with van der Waals surface area (Å²) in [4.78, 5) is 0. The first kappa shape index (κ1) is 13.2. The summed E-state index contributed by atoms with van der Waals surface area (Å²) < 4.78 is 0. The quantitative estimate of drug-likeness (QED) is 0.481. The van der Waals surface area contributed by atoms with E-state index in [1.54, 1.807) is 0 Å². The third kappa shape index (κ3) is 1.79. The highest BCUT2D eigenvalue weighted by molar-refractivity contribution is 5.32. The van der Waals surface area contributed by atoms with Crippen molar-refractivity contribution in [2.75, 3.05) is 0 Å². The maximum Gasteiger partial charge on any atom is -0.0108 e. The Labute approximate surface area is 124 Å². The van der Waals surface area contributed by atoms with Crippen LogP contribution in [0.15, 0.2) is 23.3 Å². The molecule has 20 heavy (non-hydrogen) atoms. The Balaban J connectivity index is 1.70. The van der Waals surface area contributed by atoms with E-state index in [-0.39, 0.29) is 0 Å². The summed E-state index contributed by atoms with van der Waals surface area (Å²) in [6, 6.07) is 0. The van der Waals surface area contributed by atoms with Gasteiger partial charge in [-0.25, -0.2) is 0 Å². The van der Waals surface area contributed by atoms with Gasteiger partial charge in [-0.05, 0) is 80.5 Å². The minimum Gasteiger partial charge on any atom is -0.0995 e. The van der Waals surface area contributed by atoms with Gasteiger partial charge in [0.25, 0.3) is 0 Å². The van der Waals surface area contributed by atoms with Crippen LogP contribution in [0.5, 0.6) is 0 Å². The number of hydrogen-bond donors (Lipinski definition) is 0. The summed E-state index contributed by atoms with van der Waals surface area (Å²) in [6.45, 7) is 9.43. The molecule has 4 rings (SSSR count). The van der Waals surface area contributed by atoms with Gasteiger partial charge in [-0.1, -0.05) is 43.6 Å². The molecule has 0 aromatic heterocycles. The number of allylic oxidation sites excluding steroid dienone is 3. The average molecular weight is 270 g/mol. The lowest BCUT2D eigenvalue weighted by molar-refractivity contribution is 0.0134. The summed E-state index contributed by atoms with van der Waals surface area (Å²) >= 11 is 0. The van der Waals surface area contributed by atoms with Crippen molar-refractivity contribution in [2.24, 2.45) is 29.1 Å². The van der Waals surface area contributed by atoms with E-state index in [1.165, 1.54) is 63.4 Å². The van der Waals surface area contributed by atoms with Gasteiger partial charge < -0.3 is 0 Å². The van der Waals surface area contributed by atoms with Crippen LogP contribution in [0.1, 0.15) is 71.6 Å². The third-order valence-electron chi connectivity index (χ3n) is 7.45. The van der Waals surface area contributed by atoms with Crippen LogP contribution >= 0.6 is 0 Å². The lowest BCUT2D eigenvalue weighted by Crippen LogP contribution is -2.44. The predicted octanol–water partition coefficient (Wildman–Crippen LogP) is 5.90. The van der Waals surface area contributed by atoms with Gasteiger partial charge in [0.15, 0.2) is 0 Å². The van der Waals surface area contributed by atoms with E-state index < -0.39 is 0 Å². The second kappa shape index (κ2) is 4.49. The molecule has 2 fully saturated rings. The van der Waals surface area contributed by atoms with Crippen LogP contribution in [0, 0.1) is 29.1 Å². The Kier molecular flexibility index (Phi) is 2.95. The van der Waals surface area contributed by atoms with Crippen molar-refractivity contribution in [3.63, 3.8) is 0 Å². The molecule has 1 unspecified atom stereocenters. The highest BCUT2D eigenvalue weighted by atomic mass is 14.6. The summed E-state index contributed by atoms with van der Waals surface area (Å²) in [5, 5.41) is 0. The molecule has 0 aromatic rings. The zero-order chi connectivity index (χ0) is 13.9. The average Bonchev–Trinajstić information content (AvgIpc) is 2.79. The smallest absolute Gasteiger partial charge is 0.0108 e. The number of fused-ring (bicyclic) bond motifs is 4. The van der Waals surface area contributed by atoms with Crippen molar-refractivity contribution in [1.82, 2.24) is 0 Å². The highest BCUT2D eigenvalue weighted by Crippen LogP contribution is 2.62. The van der Waals surface area contributed by atoms with Crippen LogP contribution < -0.4 is 0 Å². The summed E-state index contributed by atoms with van der Waals surface area (Å²) in [5.41, 5.74) is 5.92. The van der Waals surface area contributed by atoms with E-state index in [9.17, 15) is 0 Å². The molecule has 4 aliphatic rings. The third-order valence-corrected chi connectivity index (χ3v) is 7.45. The van der Waals surface area contributed by atoms with Crippen LogP contribution in [0.25, 0.3) is 0 Å². The minimum atomic E-state index is 0.700. The highest BCUT2D eigenvalue weighted by Gasteiger charge is 2.52. The Hall–Kier alpha value is -0.520. The second-order valence-electron chi connectivity index (χ2n) is 8.61. The molecule has 0 bridgehead atoms. The fraction of sp³-hybridized carbons (Fsp3) is 0.800. The maximum atomic E-state index is 4.26. The first-order chi connectivity index (χ1) is 9.58. The first-order valence-electron chi connectivity index (χ1n) is 8.96. The van der Waals surface area contributed by atoms with Gasteiger partial charge in [0.2, 0.25) is 0 Å². The van der Waals surface area contributed by atoms with Gasteiger partial charge in [-0.2, -0.15) is 0 Å². The minimum absolute atomic E-state index is 0.700. The van der Waals surface area contributed by atoms with E-state index >= 15 is 0 Å². The standard InChI is InChI=1S/C20H30/c1-13-6-7-16-15(11-13)12-14(2)19-17(16)8-10-20(3)9-4-5-18(19)20/h14,17-19H,1,4-12H2,2-3H3/t14-,17+,18?,19+,20+/m1/s1. The van der Waals surface area contributed by atoms with Crippen molar-refractivity contribution in [2.45, 2.75) is 71.6 Å². The van der Waals surface area contributed by atoms with E-state index in [0.29, 0.717) is 5.41 Å². The van der Waals surface area contributed by atoms with Crippen LogP contribution in [0.2, 0.25) is 0 Å². The molecule has 110 valence electrons. The van der Waals surface area contributed by atoms with E-state index in [4.69, 9.17) is 0 Å². The molecule has 4 aliphatic carbocycles. The van der Waals surface area contributed by atoms with Crippen molar-refractivity contribution in [1.29, 1.82) is 0 Å². The molecule has 0 N–H and O–H groups in total. The van der Waals surface area contributed by atoms with Crippen molar-refractivity contribution >= 4 is 0 Å². The van der Waals surface area contributed by atoms with Crippen LogP contribution in [0.3, 0.4) is 0 Å². The van der Waals surface area contributed by atoms with Gasteiger partial charge in [0.05, 0.1) is 0 Å². The van der Waals surface area contributed by atoms with E-state index in [0.717, 1.165) is 23.7 Å². The molecule has 0 aliphatic heterocycles. The molecule has 0 heterocycles. The Morgan fingerprint density at radius 1 is 1.15 bits per heavy atom. The molecule has 0 aromatic carbocycles. The van der Waals surface area contributed by atoms with Gasteiger partial charge in [-0.3, -0.25) is 0 Å². The van der Waals surface area contributed by atoms with Crippen LogP contribution in [0.4, 0.5) is 0 Å². The van der Waals surface area contributed by atoms with Gasteiger partial charge in [0, 0.05) is 0 Å². The van der Waals surface area contributed by atoms with Crippen molar-refractivity contribution in [3.8, 4) is 0 Å². The van der Waals surface area contributed by atoms with Gasteiger partial charge in [0.1, 0.15) is 0 Å². The molecule has 0 heteroatoms. The molecule has 2 saturated carbocycles. The predicted molar refractivity (Wildman–Crippen MR) is 85.5 cm³/mol. The summed E-state index contributed by atoms with van der Waals surface area (Å²) in [6.07, 6.45) is 12.8. The Morgan fingerprint density at radius 2 is 2.00 bits per heavy atom. The molecule has 0 amide bonds. The molecule has 0 radical (unpaired) electrons. The Bertz CT molecular complexity index is 468. The molecule has 5 atom stereocenters. The fourth-order valence-electron chi connectivity index (χ4n) is 6.55. The zero-order valence-corrected chi connectivity index (χ0v) is 13.4. The van der Waals surface area contributed by atoms with E-state index in [2.05, 4.69) is 20.4 Å². The monoisotopic (exact) mass is 270 g/mol. The number of rotatable bonds is 0. The molecule has 0 saturated heterocycles. The summed E-state index contributed by atoms with van der Waals surface area (Å²) in [5.74, 6) is 3.93.